The zero-order valence-electron chi connectivity index (χ0n) is 11.5. The number of ether oxygens (including phenoxy) is 1. The second-order valence-electron chi connectivity index (χ2n) is 4.48. The van der Waals surface area contributed by atoms with E-state index >= 15 is 0 Å². The molecular weight excluding hydrogens is 374 g/mol. The average molecular weight is 393 g/mol. The van der Waals surface area contributed by atoms with Crippen molar-refractivity contribution >= 4 is 37.8 Å². The smallest absolute Gasteiger partial charge is 0.255 e. The number of benzene rings is 1. The molecule has 0 aliphatic rings. The first-order valence-electron chi connectivity index (χ1n) is 6.21. The lowest BCUT2D eigenvalue weighted by molar-refractivity contribution is 0.0705. The van der Waals surface area contributed by atoms with Crippen molar-refractivity contribution in [2.75, 3.05) is 19.0 Å². The summed E-state index contributed by atoms with van der Waals surface area (Å²) in [6.45, 7) is 4.80. The molecule has 0 aliphatic heterocycles. The molecule has 0 spiro atoms. The van der Waals surface area contributed by atoms with Gasteiger partial charge in [0.1, 0.15) is 5.75 Å². The number of hydrogen-bond donors (Lipinski definition) is 0. The molecule has 106 valence electrons. The van der Waals surface area contributed by atoms with E-state index in [1.807, 2.05) is 30.9 Å². The van der Waals surface area contributed by atoms with Crippen LogP contribution in [-0.4, -0.2) is 35.8 Å². The van der Waals surface area contributed by atoms with E-state index in [0.29, 0.717) is 11.3 Å². The summed E-state index contributed by atoms with van der Waals surface area (Å²) in [7, 11) is 1.60. The number of hydrogen-bond acceptors (Lipinski definition) is 2. The van der Waals surface area contributed by atoms with Gasteiger partial charge in [0.05, 0.1) is 12.7 Å². The molecule has 1 amide bonds. The van der Waals surface area contributed by atoms with Crippen LogP contribution in [0.2, 0.25) is 0 Å². The minimum absolute atomic E-state index is 0.0294. The third-order valence-electron chi connectivity index (χ3n) is 2.82. The summed E-state index contributed by atoms with van der Waals surface area (Å²) >= 11 is 6.84. The SMILES string of the molecule is COc1ccc(Br)c(C(=O)N(CCCBr)C(C)C)c1. The highest BCUT2D eigenvalue weighted by atomic mass is 79.9. The normalized spacial score (nSPS) is 10.6. The molecule has 0 aromatic heterocycles. The van der Waals surface area contributed by atoms with E-state index in [1.165, 1.54) is 0 Å². The number of amides is 1. The average Bonchev–Trinajstić information content (AvgIpc) is 2.39. The molecule has 1 rings (SSSR count). The highest BCUT2D eigenvalue weighted by Gasteiger charge is 2.20. The van der Waals surface area contributed by atoms with Crippen molar-refractivity contribution in [2.24, 2.45) is 0 Å². The van der Waals surface area contributed by atoms with Gasteiger partial charge in [-0.2, -0.15) is 0 Å². The summed E-state index contributed by atoms with van der Waals surface area (Å²) in [5.74, 6) is 0.720. The zero-order chi connectivity index (χ0) is 14.4. The molecule has 1 aromatic carbocycles. The minimum atomic E-state index is 0.0294. The van der Waals surface area contributed by atoms with Gasteiger partial charge in [0, 0.05) is 22.4 Å². The molecule has 0 unspecified atom stereocenters. The lowest BCUT2D eigenvalue weighted by Gasteiger charge is -2.27. The Morgan fingerprint density at radius 3 is 2.63 bits per heavy atom. The first-order chi connectivity index (χ1) is 9.01. The molecule has 0 radical (unpaired) electrons. The summed E-state index contributed by atoms with van der Waals surface area (Å²) in [5, 5.41) is 0.892. The lowest BCUT2D eigenvalue weighted by Crippen LogP contribution is -2.38. The van der Waals surface area contributed by atoms with Crippen molar-refractivity contribution in [3.63, 3.8) is 0 Å². The third-order valence-corrected chi connectivity index (χ3v) is 4.07. The molecule has 0 N–H and O–H groups in total. The van der Waals surface area contributed by atoms with Gasteiger partial charge < -0.3 is 9.64 Å². The summed E-state index contributed by atoms with van der Waals surface area (Å²) in [6.07, 6.45) is 0.936. The number of alkyl halides is 1. The Hall–Kier alpha value is -0.550. The minimum Gasteiger partial charge on any atom is -0.497 e. The maximum atomic E-state index is 12.6. The molecule has 0 saturated carbocycles. The maximum Gasteiger partial charge on any atom is 0.255 e. The highest BCUT2D eigenvalue weighted by molar-refractivity contribution is 9.10. The van der Waals surface area contributed by atoms with Crippen LogP contribution >= 0.6 is 31.9 Å². The second kappa shape index (κ2) is 7.90. The molecule has 3 nitrogen and oxygen atoms in total. The van der Waals surface area contributed by atoms with Crippen molar-refractivity contribution in [1.29, 1.82) is 0 Å². The van der Waals surface area contributed by atoms with E-state index in [-0.39, 0.29) is 11.9 Å². The van der Waals surface area contributed by atoms with Crippen molar-refractivity contribution in [3.05, 3.63) is 28.2 Å². The fraction of sp³-hybridized carbons (Fsp3) is 0.500. The van der Waals surface area contributed by atoms with E-state index in [9.17, 15) is 4.79 Å². The van der Waals surface area contributed by atoms with Gasteiger partial charge in [0.2, 0.25) is 0 Å². The third kappa shape index (κ3) is 4.49. The summed E-state index contributed by atoms with van der Waals surface area (Å²) < 4.78 is 5.98. The summed E-state index contributed by atoms with van der Waals surface area (Å²) in [5.41, 5.74) is 0.641. The predicted octanol–water partition coefficient (Wildman–Crippen LogP) is 4.09. The highest BCUT2D eigenvalue weighted by Crippen LogP contribution is 2.24. The first-order valence-corrected chi connectivity index (χ1v) is 8.13. The molecule has 5 heteroatoms. The van der Waals surface area contributed by atoms with Gasteiger partial charge in [-0.3, -0.25) is 4.79 Å². The summed E-state index contributed by atoms with van der Waals surface area (Å²) in [4.78, 5) is 14.5. The van der Waals surface area contributed by atoms with Crippen LogP contribution in [0.25, 0.3) is 0 Å². The predicted molar refractivity (Wildman–Crippen MR) is 85.3 cm³/mol. The number of carbonyl (C=O) groups is 1. The first kappa shape index (κ1) is 16.5. The Bertz CT molecular complexity index is 435. The quantitative estimate of drug-likeness (QED) is 0.682. The summed E-state index contributed by atoms with van der Waals surface area (Å²) in [6, 6.07) is 5.62. The molecule has 19 heavy (non-hydrogen) atoms. The topological polar surface area (TPSA) is 29.5 Å². The van der Waals surface area contributed by atoms with Crippen LogP contribution in [0.15, 0.2) is 22.7 Å². The molecular formula is C14H19Br2NO2. The molecule has 0 atom stereocenters. The Balaban J connectivity index is 3.01. The number of nitrogens with zero attached hydrogens (tertiary/aromatic N) is 1. The molecule has 0 saturated heterocycles. The van der Waals surface area contributed by atoms with Gasteiger partial charge in [-0.15, -0.1) is 0 Å². The Kier molecular flexibility index (Phi) is 6.86. The van der Waals surface area contributed by atoms with Crippen molar-refractivity contribution in [3.8, 4) is 5.75 Å². The molecule has 0 bridgehead atoms. The molecule has 0 fully saturated rings. The number of carbonyl (C=O) groups excluding carboxylic acids is 1. The van der Waals surface area contributed by atoms with Crippen LogP contribution in [0.4, 0.5) is 0 Å². The van der Waals surface area contributed by atoms with Gasteiger partial charge in [0.25, 0.3) is 5.91 Å². The second-order valence-corrected chi connectivity index (χ2v) is 6.13. The van der Waals surface area contributed by atoms with E-state index in [0.717, 1.165) is 22.8 Å². The van der Waals surface area contributed by atoms with Crippen molar-refractivity contribution < 1.29 is 9.53 Å². The number of rotatable bonds is 6. The van der Waals surface area contributed by atoms with E-state index < -0.39 is 0 Å². The van der Waals surface area contributed by atoms with Gasteiger partial charge in [0.15, 0.2) is 0 Å². The van der Waals surface area contributed by atoms with Gasteiger partial charge in [-0.05, 0) is 54.4 Å². The number of methoxy groups -OCH3 is 1. The van der Waals surface area contributed by atoms with Crippen LogP contribution in [0.1, 0.15) is 30.6 Å². The van der Waals surface area contributed by atoms with Crippen LogP contribution < -0.4 is 4.74 Å². The van der Waals surface area contributed by atoms with Crippen LogP contribution in [0.5, 0.6) is 5.75 Å². The lowest BCUT2D eigenvalue weighted by atomic mass is 10.1. The van der Waals surface area contributed by atoms with Crippen molar-refractivity contribution in [2.45, 2.75) is 26.3 Å². The van der Waals surface area contributed by atoms with Crippen LogP contribution in [0.3, 0.4) is 0 Å². The van der Waals surface area contributed by atoms with E-state index in [1.54, 1.807) is 13.2 Å². The standard InChI is InChI=1S/C14H19Br2NO2/c1-10(2)17(8-4-7-15)14(18)12-9-11(19-3)5-6-13(12)16/h5-6,9-10H,4,7-8H2,1-3H3. The van der Waals surface area contributed by atoms with Crippen LogP contribution in [0, 0.1) is 0 Å². The van der Waals surface area contributed by atoms with Crippen molar-refractivity contribution in [1.82, 2.24) is 4.90 Å². The Morgan fingerprint density at radius 1 is 1.42 bits per heavy atom. The largest absolute Gasteiger partial charge is 0.497 e. The Labute approximate surface area is 131 Å². The van der Waals surface area contributed by atoms with E-state index in [2.05, 4.69) is 31.9 Å². The fourth-order valence-corrected chi connectivity index (χ4v) is 2.44. The zero-order valence-corrected chi connectivity index (χ0v) is 14.6. The van der Waals surface area contributed by atoms with Crippen LogP contribution in [-0.2, 0) is 0 Å². The Morgan fingerprint density at radius 2 is 2.11 bits per heavy atom. The maximum absolute atomic E-state index is 12.6. The molecule has 1 aromatic rings. The number of halogens is 2. The molecule has 0 aliphatic carbocycles. The monoisotopic (exact) mass is 391 g/mol. The van der Waals surface area contributed by atoms with Gasteiger partial charge in [-0.25, -0.2) is 0 Å². The van der Waals surface area contributed by atoms with Gasteiger partial charge >= 0.3 is 0 Å². The fourth-order valence-electron chi connectivity index (χ4n) is 1.77. The van der Waals surface area contributed by atoms with E-state index in [4.69, 9.17) is 4.74 Å². The molecule has 0 heterocycles. The van der Waals surface area contributed by atoms with Gasteiger partial charge in [-0.1, -0.05) is 15.9 Å².